The maximum atomic E-state index is 12.9. The largest absolute Gasteiger partial charge is 0.326 e. The Morgan fingerprint density at radius 1 is 0.897 bits per heavy atom. The topological polar surface area (TPSA) is 95.6 Å². The summed E-state index contributed by atoms with van der Waals surface area (Å²) in [7, 11) is -3.47. The highest BCUT2D eigenvalue weighted by Crippen LogP contribution is 2.25. The number of sulfonamides is 1. The Balaban J connectivity index is 1.31. The summed E-state index contributed by atoms with van der Waals surface area (Å²) in [6.07, 6.45) is 0.898. The summed E-state index contributed by atoms with van der Waals surface area (Å²) in [6, 6.07) is 21.8. The van der Waals surface area contributed by atoms with Crippen molar-refractivity contribution in [2.45, 2.75) is 44.8 Å². The fraction of sp³-hybridized carbons (Fsp3) is 0.333. The molecule has 9 heteroatoms. The van der Waals surface area contributed by atoms with Crippen molar-refractivity contribution >= 4 is 49.1 Å². The Bertz CT molecular complexity index is 1440. The van der Waals surface area contributed by atoms with Crippen molar-refractivity contribution in [2.75, 3.05) is 23.7 Å². The van der Waals surface area contributed by atoms with E-state index in [0.29, 0.717) is 42.9 Å². The van der Waals surface area contributed by atoms with E-state index in [0.717, 1.165) is 15.6 Å². The Hall–Kier alpha value is -3.01. The van der Waals surface area contributed by atoms with Gasteiger partial charge in [0, 0.05) is 40.4 Å². The van der Waals surface area contributed by atoms with E-state index in [1.54, 1.807) is 36.4 Å². The van der Waals surface area contributed by atoms with Crippen molar-refractivity contribution in [3.05, 3.63) is 94.0 Å². The molecule has 4 rings (SSSR count). The van der Waals surface area contributed by atoms with Crippen molar-refractivity contribution in [3.63, 3.8) is 0 Å². The van der Waals surface area contributed by atoms with Crippen molar-refractivity contribution in [2.24, 2.45) is 5.92 Å². The number of carbonyl (C=O) groups excluding carboxylic acids is 2. The second kappa shape index (κ2) is 12.0. The Labute approximate surface area is 239 Å². The first-order chi connectivity index (χ1) is 18.4. The maximum Gasteiger partial charge on any atom is 0.255 e. The van der Waals surface area contributed by atoms with E-state index in [9.17, 15) is 18.0 Å². The molecule has 39 heavy (non-hydrogen) atoms. The lowest BCUT2D eigenvalue weighted by atomic mass is 9.87. The molecule has 1 heterocycles. The lowest BCUT2D eigenvalue weighted by molar-refractivity contribution is -0.120. The molecular weight excluding hydrogens is 578 g/mol. The van der Waals surface area contributed by atoms with Crippen molar-refractivity contribution in [1.82, 2.24) is 4.31 Å². The molecule has 0 saturated carbocycles. The van der Waals surface area contributed by atoms with E-state index in [1.165, 1.54) is 4.31 Å². The first-order valence-corrected chi connectivity index (χ1v) is 15.4. The number of carbonyl (C=O) groups is 2. The van der Waals surface area contributed by atoms with Crippen molar-refractivity contribution in [3.8, 4) is 0 Å². The van der Waals surface area contributed by atoms with Crippen LogP contribution >= 0.6 is 15.9 Å². The minimum atomic E-state index is -3.47. The van der Waals surface area contributed by atoms with Crippen LogP contribution in [0, 0.1) is 5.92 Å². The lowest BCUT2D eigenvalue weighted by Crippen LogP contribution is -2.41. The van der Waals surface area contributed by atoms with Gasteiger partial charge in [0.05, 0.1) is 5.75 Å². The van der Waals surface area contributed by atoms with E-state index in [2.05, 4.69) is 47.3 Å². The Kier molecular flexibility index (Phi) is 8.93. The summed E-state index contributed by atoms with van der Waals surface area (Å²) in [5.74, 6) is -0.736. The van der Waals surface area contributed by atoms with Crippen LogP contribution in [-0.2, 0) is 26.0 Å². The van der Waals surface area contributed by atoms with Crippen LogP contribution in [0.3, 0.4) is 0 Å². The van der Waals surface area contributed by atoms with E-state index in [-0.39, 0.29) is 28.9 Å². The Morgan fingerprint density at radius 2 is 1.51 bits per heavy atom. The quantitative estimate of drug-likeness (QED) is 0.333. The standard InChI is InChI=1S/C30H34BrN3O4S/c1-30(2,3)24-12-10-22(11-13-24)28(35)32-26-8-5-9-27(19-26)33-29(36)23-14-16-34(17-15-23)39(37,38)20-21-6-4-7-25(31)18-21/h4-13,18-19,23H,14-17,20H2,1-3H3,(H,32,35)(H,33,36). The van der Waals surface area contributed by atoms with Crippen LogP contribution in [0.15, 0.2) is 77.3 Å². The van der Waals surface area contributed by atoms with Gasteiger partial charge in [0.2, 0.25) is 15.9 Å². The molecule has 3 aromatic carbocycles. The molecule has 0 bridgehead atoms. The summed E-state index contributed by atoms with van der Waals surface area (Å²) in [5, 5.41) is 5.81. The van der Waals surface area contributed by atoms with Gasteiger partial charge in [-0.25, -0.2) is 12.7 Å². The molecule has 206 valence electrons. The van der Waals surface area contributed by atoms with Gasteiger partial charge in [-0.1, -0.05) is 67.0 Å². The number of rotatable bonds is 7. The Morgan fingerprint density at radius 3 is 2.13 bits per heavy atom. The van der Waals surface area contributed by atoms with Gasteiger partial charge < -0.3 is 10.6 Å². The number of amides is 2. The second-order valence-corrected chi connectivity index (χ2v) is 13.8. The van der Waals surface area contributed by atoms with Crippen LogP contribution in [0.5, 0.6) is 0 Å². The molecule has 0 spiro atoms. The van der Waals surface area contributed by atoms with Gasteiger partial charge in [-0.2, -0.15) is 0 Å². The number of halogens is 1. The van der Waals surface area contributed by atoms with Gasteiger partial charge in [-0.3, -0.25) is 9.59 Å². The minimum absolute atomic E-state index is 0.00617. The van der Waals surface area contributed by atoms with Crippen LogP contribution in [0.25, 0.3) is 0 Å². The number of benzene rings is 3. The lowest BCUT2D eigenvalue weighted by Gasteiger charge is -2.30. The third-order valence-electron chi connectivity index (χ3n) is 6.86. The predicted octanol–water partition coefficient (Wildman–Crippen LogP) is 6.18. The van der Waals surface area contributed by atoms with Crippen LogP contribution in [0.1, 0.15) is 55.1 Å². The first-order valence-electron chi connectivity index (χ1n) is 13.0. The minimum Gasteiger partial charge on any atom is -0.326 e. The summed E-state index contributed by atoms with van der Waals surface area (Å²) >= 11 is 3.38. The monoisotopic (exact) mass is 611 g/mol. The molecule has 2 amide bonds. The van der Waals surface area contributed by atoms with Crippen molar-refractivity contribution < 1.29 is 18.0 Å². The molecule has 1 aliphatic heterocycles. The molecule has 1 fully saturated rings. The molecule has 0 aromatic heterocycles. The first kappa shape index (κ1) is 29.0. The van der Waals surface area contributed by atoms with Gasteiger partial charge in [0.25, 0.3) is 5.91 Å². The van der Waals surface area contributed by atoms with Gasteiger partial charge in [-0.15, -0.1) is 0 Å². The van der Waals surface area contributed by atoms with Gasteiger partial charge in [0.15, 0.2) is 0 Å². The number of hydrogen-bond acceptors (Lipinski definition) is 4. The van der Waals surface area contributed by atoms with Gasteiger partial charge >= 0.3 is 0 Å². The summed E-state index contributed by atoms with van der Waals surface area (Å²) in [5.41, 5.74) is 3.58. The summed E-state index contributed by atoms with van der Waals surface area (Å²) < 4.78 is 28.1. The highest BCUT2D eigenvalue weighted by Gasteiger charge is 2.31. The average Bonchev–Trinajstić information content (AvgIpc) is 2.88. The average molecular weight is 613 g/mol. The number of nitrogens with one attached hydrogen (secondary N) is 2. The van der Waals surface area contributed by atoms with Crippen LogP contribution in [-0.4, -0.2) is 37.6 Å². The third-order valence-corrected chi connectivity index (χ3v) is 9.20. The van der Waals surface area contributed by atoms with E-state index in [4.69, 9.17) is 0 Å². The van der Waals surface area contributed by atoms with Crippen LogP contribution in [0.2, 0.25) is 0 Å². The normalized spacial score (nSPS) is 15.1. The number of nitrogens with zero attached hydrogens (tertiary/aromatic N) is 1. The number of piperidine rings is 1. The molecule has 0 radical (unpaired) electrons. The molecule has 1 saturated heterocycles. The number of anilines is 2. The van der Waals surface area contributed by atoms with Crippen LogP contribution < -0.4 is 10.6 Å². The zero-order chi connectivity index (χ0) is 28.2. The molecular formula is C30H34BrN3O4S. The van der Waals surface area contributed by atoms with Crippen LogP contribution in [0.4, 0.5) is 11.4 Å². The van der Waals surface area contributed by atoms with E-state index >= 15 is 0 Å². The smallest absolute Gasteiger partial charge is 0.255 e. The molecule has 3 aromatic rings. The molecule has 7 nitrogen and oxygen atoms in total. The molecule has 0 aliphatic carbocycles. The summed E-state index contributed by atoms with van der Waals surface area (Å²) in [6.45, 7) is 6.98. The molecule has 1 aliphatic rings. The third kappa shape index (κ3) is 7.77. The van der Waals surface area contributed by atoms with E-state index in [1.807, 2.05) is 36.4 Å². The zero-order valence-corrected chi connectivity index (χ0v) is 24.8. The fourth-order valence-corrected chi connectivity index (χ4v) is 6.57. The number of hydrogen-bond donors (Lipinski definition) is 2. The van der Waals surface area contributed by atoms with Gasteiger partial charge in [0.1, 0.15) is 0 Å². The highest BCUT2D eigenvalue weighted by atomic mass is 79.9. The molecule has 2 N–H and O–H groups in total. The summed E-state index contributed by atoms with van der Waals surface area (Å²) in [4.78, 5) is 25.7. The molecule has 0 atom stereocenters. The van der Waals surface area contributed by atoms with E-state index < -0.39 is 10.0 Å². The SMILES string of the molecule is CC(C)(C)c1ccc(C(=O)Nc2cccc(NC(=O)C3CCN(S(=O)(=O)Cc4cccc(Br)c4)CC3)c2)cc1. The maximum absolute atomic E-state index is 12.9. The fourth-order valence-electron chi connectivity index (χ4n) is 4.57. The molecule has 0 unspecified atom stereocenters. The predicted molar refractivity (Wildman–Crippen MR) is 159 cm³/mol. The van der Waals surface area contributed by atoms with Crippen molar-refractivity contribution in [1.29, 1.82) is 0 Å². The van der Waals surface area contributed by atoms with Gasteiger partial charge in [-0.05, 0) is 71.8 Å². The zero-order valence-electron chi connectivity index (χ0n) is 22.4. The second-order valence-electron chi connectivity index (χ2n) is 10.9. The highest BCUT2D eigenvalue weighted by molar-refractivity contribution is 9.10.